The van der Waals surface area contributed by atoms with Crippen LogP contribution in [0.5, 0.6) is 0 Å². The molecule has 4 nitrogen and oxygen atoms in total. The molecule has 0 aromatic carbocycles. The second-order valence-corrected chi connectivity index (χ2v) is 4.92. The van der Waals surface area contributed by atoms with Crippen molar-refractivity contribution < 1.29 is 14.7 Å². The van der Waals surface area contributed by atoms with E-state index in [1.807, 2.05) is 0 Å². The number of carboxylic acids is 1. The molecule has 0 aliphatic heterocycles. The summed E-state index contributed by atoms with van der Waals surface area (Å²) in [5.41, 5.74) is -0.142. The third-order valence-corrected chi connectivity index (χ3v) is 3.53. The lowest BCUT2D eigenvalue weighted by Gasteiger charge is -2.40. The van der Waals surface area contributed by atoms with Crippen molar-refractivity contribution in [2.24, 2.45) is 11.3 Å². The van der Waals surface area contributed by atoms with E-state index in [1.54, 1.807) is 0 Å². The lowest BCUT2D eigenvalue weighted by Crippen LogP contribution is -2.43. The molecule has 0 bridgehead atoms. The summed E-state index contributed by atoms with van der Waals surface area (Å²) >= 11 is 0. The van der Waals surface area contributed by atoms with Gasteiger partial charge in [-0.1, -0.05) is 6.42 Å². The predicted octanol–water partition coefficient (Wildman–Crippen LogP) is 1.16. The minimum atomic E-state index is -0.754. The van der Waals surface area contributed by atoms with Crippen molar-refractivity contribution in [3.63, 3.8) is 0 Å². The van der Waals surface area contributed by atoms with Crippen LogP contribution in [-0.2, 0) is 9.59 Å². The zero-order valence-corrected chi connectivity index (χ0v) is 8.79. The fraction of sp³-hybridized carbons (Fsp3) is 0.818. The molecular formula is C11H17NO3. The highest BCUT2D eigenvalue weighted by atomic mass is 16.4. The van der Waals surface area contributed by atoms with E-state index in [0.29, 0.717) is 6.54 Å². The molecule has 2 fully saturated rings. The van der Waals surface area contributed by atoms with Crippen LogP contribution in [0.15, 0.2) is 0 Å². The van der Waals surface area contributed by atoms with Crippen LogP contribution in [-0.4, -0.2) is 23.5 Å². The summed E-state index contributed by atoms with van der Waals surface area (Å²) in [6.45, 7) is 0.550. The molecule has 4 heteroatoms. The Labute approximate surface area is 89.0 Å². The molecule has 0 unspecified atom stereocenters. The highest BCUT2D eigenvalue weighted by Crippen LogP contribution is 2.43. The van der Waals surface area contributed by atoms with E-state index >= 15 is 0 Å². The summed E-state index contributed by atoms with van der Waals surface area (Å²) in [6, 6.07) is 0. The maximum absolute atomic E-state index is 11.4. The van der Waals surface area contributed by atoms with E-state index in [0.717, 1.165) is 32.1 Å². The van der Waals surface area contributed by atoms with Gasteiger partial charge in [-0.15, -0.1) is 0 Å². The number of carboxylic acid groups (broad SMARTS) is 1. The molecule has 0 spiro atoms. The van der Waals surface area contributed by atoms with Crippen molar-refractivity contribution in [1.82, 2.24) is 5.32 Å². The lowest BCUT2D eigenvalue weighted by atomic mass is 9.66. The number of aliphatic carboxylic acids is 1. The smallest absolute Gasteiger partial charge is 0.303 e. The van der Waals surface area contributed by atoms with Crippen LogP contribution >= 0.6 is 0 Å². The summed E-state index contributed by atoms with van der Waals surface area (Å²) in [7, 11) is 0. The SMILES string of the molecule is O=C(O)CC1(CNC(=O)C2CC2)CCC1. The van der Waals surface area contributed by atoms with Gasteiger partial charge in [0.1, 0.15) is 0 Å². The van der Waals surface area contributed by atoms with Crippen molar-refractivity contribution in [3.05, 3.63) is 0 Å². The molecule has 0 radical (unpaired) electrons. The van der Waals surface area contributed by atoms with E-state index in [-0.39, 0.29) is 23.7 Å². The van der Waals surface area contributed by atoms with E-state index < -0.39 is 5.97 Å². The first kappa shape index (κ1) is 10.5. The minimum Gasteiger partial charge on any atom is -0.481 e. The van der Waals surface area contributed by atoms with E-state index in [1.165, 1.54) is 0 Å². The zero-order chi connectivity index (χ0) is 10.9. The fourth-order valence-electron chi connectivity index (χ4n) is 2.18. The third kappa shape index (κ3) is 2.49. The number of carbonyl (C=O) groups is 2. The Morgan fingerprint density at radius 2 is 2.00 bits per heavy atom. The molecule has 0 aromatic rings. The largest absolute Gasteiger partial charge is 0.481 e. The summed E-state index contributed by atoms with van der Waals surface area (Å²) in [6.07, 6.45) is 5.15. The Kier molecular flexibility index (Phi) is 2.67. The van der Waals surface area contributed by atoms with E-state index in [2.05, 4.69) is 5.32 Å². The number of amides is 1. The first-order valence-electron chi connectivity index (χ1n) is 5.61. The van der Waals surface area contributed by atoms with Gasteiger partial charge in [-0.3, -0.25) is 9.59 Å². The molecule has 0 aromatic heterocycles. The predicted molar refractivity (Wildman–Crippen MR) is 54.3 cm³/mol. The van der Waals surface area contributed by atoms with Gasteiger partial charge in [-0.2, -0.15) is 0 Å². The standard InChI is InChI=1S/C11H17NO3/c13-9(14)6-11(4-1-5-11)7-12-10(15)8-2-3-8/h8H,1-7H2,(H,12,15)(H,13,14). The van der Waals surface area contributed by atoms with Crippen LogP contribution in [0.4, 0.5) is 0 Å². The zero-order valence-electron chi connectivity index (χ0n) is 8.79. The maximum atomic E-state index is 11.4. The summed E-state index contributed by atoms with van der Waals surface area (Å²) in [4.78, 5) is 22.1. The molecule has 0 atom stereocenters. The average Bonchev–Trinajstić information content (AvgIpc) is 2.91. The van der Waals surface area contributed by atoms with Gasteiger partial charge in [0.15, 0.2) is 0 Å². The summed E-state index contributed by atoms with van der Waals surface area (Å²) in [5.74, 6) is -0.422. The van der Waals surface area contributed by atoms with Crippen LogP contribution in [0, 0.1) is 11.3 Å². The monoisotopic (exact) mass is 211 g/mol. The van der Waals surface area contributed by atoms with Gasteiger partial charge < -0.3 is 10.4 Å². The minimum absolute atomic E-state index is 0.117. The van der Waals surface area contributed by atoms with Crippen molar-refractivity contribution in [2.75, 3.05) is 6.54 Å². The number of hydrogen-bond acceptors (Lipinski definition) is 2. The Hall–Kier alpha value is -1.06. The van der Waals surface area contributed by atoms with Gasteiger partial charge in [0.2, 0.25) is 5.91 Å². The number of rotatable bonds is 5. The van der Waals surface area contributed by atoms with Gasteiger partial charge in [-0.25, -0.2) is 0 Å². The highest BCUT2D eigenvalue weighted by molar-refractivity contribution is 5.81. The Balaban J connectivity index is 1.79. The third-order valence-electron chi connectivity index (χ3n) is 3.53. The number of carbonyl (C=O) groups excluding carboxylic acids is 1. The van der Waals surface area contributed by atoms with Crippen molar-refractivity contribution in [3.8, 4) is 0 Å². The number of hydrogen-bond donors (Lipinski definition) is 2. The maximum Gasteiger partial charge on any atom is 0.303 e. The van der Waals surface area contributed by atoms with Crippen LogP contribution in [0.3, 0.4) is 0 Å². The highest BCUT2D eigenvalue weighted by Gasteiger charge is 2.40. The molecule has 1 amide bonds. The molecule has 2 aliphatic rings. The van der Waals surface area contributed by atoms with Gasteiger partial charge in [0.05, 0.1) is 6.42 Å². The molecule has 2 N–H and O–H groups in total. The van der Waals surface area contributed by atoms with Gasteiger partial charge in [0, 0.05) is 12.5 Å². The fourth-order valence-corrected chi connectivity index (χ4v) is 2.18. The molecule has 2 saturated carbocycles. The molecule has 84 valence electrons. The van der Waals surface area contributed by atoms with Crippen molar-refractivity contribution in [1.29, 1.82) is 0 Å². The molecule has 0 saturated heterocycles. The second kappa shape index (κ2) is 3.83. The van der Waals surface area contributed by atoms with Gasteiger partial charge in [0.25, 0.3) is 0 Å². The van der Waals surface area contributed by atoms with Crippen LogP contribution in [0.1, 0.15) is 38.5 Å². The molecule has 15 heavy (non-hydrogen) atoms. The quantitative estimate of drug-likeness (QED) is 0.717. The van der Waals surface area contributed by atoms with Crippen molar-refractivity contribution >= 4 is 11.9 Å². The summed E-state index contributed by atoms with van der Waals surface area (Å²) < 4.78 is 0. The first-order valence-corrected chi connectivity index (χ1v) is 5.61. The Morgan fingerprint density at radius 1 is 1.33 bits per heavy atom. The van der Waals surface area contributed by atoms with Crippen LogP contribution in [0.2, 0.25) is 0 Å². The lowest BCUT2D eigenvalue weighted by molar-refractivity contribution is -0.142. The first-order chi connectivity index (χ1) is 7.11. The molecule has 2 aliphatic carbocycles. The average molecular weight is 211 g/mol. The van der Waals surface area contributed by atoms with Gasteiger partial charge >= 0.3 is 5.97 Å². The molecule has 0 heterocycles. The van der Waals surface area contributed by atoms with E-state index in [4.69, 9.17) is 5.11 Å². The van der Waals surface area contributed by atoms with Crippen LogP contribution < -0.4 is 5.32 Å². The Bertz CT molecular complexity index is 280. The second-order valence-electron chi connectivity index (χ2n) is 4.92. The van der Waals surface area contributed by atoms with E-state index in [9.17, 15) is 9.59 Å². The molecule has 2 rings (SSSR count). The van der Waals surface area contributed by atoms with Gasteiger partial charge in [-0.05, 0) is 31.1 Å². The molecular weight excluding hydrogens is 194 g/mol. The topological polar surface area (TPSA) is 66.4 Å². The Morgan fingerprint density at radius 3 is 2.40 bits per heavy atom. The van der Waals surface area contributed by atoms with Crippen LogP contribution in [0.25, 0.3) is 0 Å². The number of nitrogens with one attached hydrogen (secondary N) is 1. The van der Waals surface area contributed by atoms with Crippen molar-refractivity contribution in [2.45, 2.75) is 38.5 Å². The summed E-state index contributed by atoms with van der Waals surface area (Å²) in [5, 5.41) is 11.7. The normalized spacial score (nSPS) is 22.9.